The maximum Gasteiger partial charge on any atom is 0.224 e. The van der Waals surface area contributed by atoms with Crippen LogP contribution in [0.5, 0.6) is 0 Å². The number of aryl methyl sites for hydroxylation is 1. The van der Waals surface area contributed by atoms with Gasteiger partial charge < -0.3 is 5.32 Å². The molecule has 0 aliphatic carbocycles. The third kappa shape index (κ3) is 2.07. The van der Waals surface area contributed by atoms with Crippen molar-refractivity contribution in [3.05, 3.63) is 28.3 Å². The molecule has 2 rings (SSSR count). The van der Waals surface area contributed by atoms with Gasteiger partial charge in [0.05, 0.1) is 5.88 Å². The van der Waals surface area contributed by atoms with Crippen LogP contribution in [0.2, 0.25) is 0 Å². The number of hydrogen-bond acceptors (Lipinski definition) is 2. The predicted octanol–water partition coefficient (Wildman–Crippen LogP) is 2.61. The number of benzene rings is 1. The van der Waals surface area contributed by atoms with E-state index in [2.05, 4.69) is 5.32 Å². The topological polar surface area (TPSA) is 46.2 Å². The summed E-state index contributed by atoms with van der Waals surface area (Å²) >= 11 is 5.60. The Balaban J connectivity index is 2.58. The van der Waals surface area contributed by atoms with Gasteiger partial charge in [-0.2, -0.15) is 0 Å². The number of amides is 1. The zero-order valence-electron chi connectivity index (χ0n) is 9.89. The Hall–Kier alpha value is -1.35. The molecule has 1 aliphatic heterocycles. The predicted molar refractivity (Wildman–Crippen MR) is 67.9 cm³/mol. The van der Waals surface area contributed by atoms with Gasteiger partial charge in [-0.3, -0.25) is 9.59 Å². The molecule has 0 bridgehead atoms. The van der Waals surface area contributed by atoms with E-state index in [1.807, 2.05) is 19.9 Å². The number of carbonyl (C=O) groups is 2. The zero-order chi connectivity index (χ0) is 12.6. The summed E-state index contributed by atoms with van der Waals surface area (Å²) in [5.41, 5.74) is 4.43. The molecule has 0 saturated carbocycles. The Morgan fingerprint density at radius 3 is 2.71 bits per heavy atom. The van der Waals surface area contributed by atoms with Gasteiger partial charge in [0.25, 0.3) is 0 Å². The van der Waals surface area contributed by atoms with Crippen molar-refractivity contribution in [3.8, 4) is 0 Å². The van der Waals surface area contributed by atoms with Crippen LogP contribution in [0.3, 0.4) is 0 Å². The molecule has 4 heteroatoms. The molecule has 1 aromatic rings. The number of carbonyl (C=O) groups excluding carboxylic acids is 2. The summed E-state index contributed by atoms with van der Waals surface area (Å²) in [4.78, 5) is 23.1. The molecule has 0 aromatic heterocycles. The van der Waals surface area contributed by atoms with Gasteiger partial charge in [-0.1, -0.05) is 0 Å². The number of halogens is 1. The van der Waals surface area contributed by atoms with Crippen molar-refractivity contribution in [3.63, 3.8) is 0 Å². The number of hydrogen-bond donors (Lipinski definition) is 1. The molecule has 0 unspecified atom stereocenters. The SMILES string of the molecule is Cc1c(C(=O)CCl)cc2c(c1C)NC(=O)CC2. The molecular formula is C13H14ClNO2. The van der Waals surface area contributed by atoms with Crippen molar-refractivity contribution >= 4 is 29.0 Å². The molecule has 0 fully saturated rings. The number of Topliss-reactive ketones (excluding diaryl/α,β-unsaturated/α-hetero) is 1. The van der Waals surface area contributed by atoms with E-state index in [9.17, 15) is 9.59 Å². The highest BCUT2D eigenvalue weighted by molar-refractivity contribution is 6.30. The number of ketones is 1. The van der Waals surface area contributed by atoms with Crippen LogP contribution in [0.1, 0.15) is 33.5 Å². The number of anilines is 1. The van der Waals surface area contributed by atoms with Gasteiger partial charge in [-0.25, -0.2) is 0 Å². The number of fused-ring (bicyclic) bond motifs is 1. The van der Waals surface area contributed by atoms with Crippen LogP contribution in [0.15, 0.2) is 6.07 Å². The lowest BCUT2D eigenvalue weighted by molar-refractivity contribution is -0.116. The number of nitrogens with one attached hydrogen (secondary N) is 1. The summed E-state index contributed by atoms with van der Waals surface area (Å²) in [5, 5.41) is 2.87. The molecule has 17 heavy (non-hydrogen) atoms. The Labute approximate surface area is 105 Å². The fourth-order valence-electron chi connectivity index (χ4n) is 2.17. The van der Waals surface area contributed by atoms with E-state index in [1.165, 1.54) is 0 Å². The summed E-state index contributed by atoms with van der Waals surface area (Å²) in [7, 11) is 0. The molecule has 3 nitrogen and oxygen atoms in total. The second-order valence-electron chi connectivity index (χ2n) is 4.31. The summed E-state index contributed by atoms with van der Waals surface area (Å²) in [6.07, 6.45) is 1.16. The van der Waals surface area contributed by atoms with E-state index in [4.69, 9.17) is 11.6 Å². The van der Waals surface area contributed by atoms with Gasteiger partial charge in [0.1, 0.15) is 0 Å². The third-order valence-electron chi connectivity index (χ3n) is 3.29. The van der Waals surface area contributed by atoms with Crippen molar-refractivity contribution in [2.24, 2.45) is 0 Å². The van der Waals surface area contributed by atoms with Crippen molar-refractivity contribution < 1.29 is 9.59 Å². The van der Waals surface area contributed by atoms with Crippen LogP contribution < -0.4 is 5.32 Å². The van der Waals surface area contributed by atoms with Gasteiger partial charge in [0, 0.05) is 17.7 Å². The highest BCUT2D eigenvalue weighted by Gasteiger charge is 2.21. The van der Waals surface area contributed by atoms with Gasteiger partial charge in [-0.05, 0) is 43.0 Å². The van der Waals surface area contributed by atoms with Gasteiger partial charge >= 0.3 is 0 Å². The lowest BCUT2D eigenvalue weighted by atomic mass is 9.91. The fourth-order valence-corrected chi connectivity index (χ4v) is 2.31. The quantitative estimate of drug-likeness (QED) is 0.649. The van der Waals surface area contributed by atoms with Crippen molar-refractivity contribution in [1.29, 1.82) is 0 Å². The lowest BCUT2D eigenvalue weighted by Gasteiger charge is -2.22. The second kappa shape index (κ2) is 4.49. The van der Waals surface area contributed by atoms with E-state index in [-0.39, 0.29) is 17.6 Å². The van der Waals surface area contributed by atoms with E-state index >= 15 is 0 Å². The molecule has 1 N–H and O–H groups in total. The molecule has 1 amide bonds. The Morgan fingerprint density at radius 2 is 2.06 bits per heavy atom. The Kier molecular flexibility index (Phi) is 3.20. The summed E-state index contributed by atoms with van der Waals surface area (Å²) < 4.78 is 0. The third-order valence-corrected chi connectivity index (χ3v) is 3.53. The van der Waals surface area contributed by atoms with E-state index in [1.54, 1.807) is 0 Å². The molecule has 1 heterocycles. The molecule has 0 saturated heterocycles. The van der Waals surface area contributed by atoms with Crippen molar-refractivity contribution in [1.82, 2.24) is 0 Å². The smallest absolute Gasteiger partial charge is 0.224 e. The first-order valence-electron chi connectivity index (χ1n) is 5.56. The average Bonchev–Trinajstić information content (AvgIpc) is 2.33. The minimum absolute atomic E-state index is 0.00851. The minimum atomic E-state index is -0.0630. The minimum Gasteiger partial charge on any atom is -0.326 e. The summed E-state index contributed by atoms with van der Waals surface area (Å²) in [6, 6.07) is 1.86. The van der Waals surface area contributed by atoms with Crippen molar-refractivity contribution in [2.75, 3.05) is 11.2 Å². The molecule has 90 valence electrons. The Bertz CT molecular complexity index is 509. The highest BCUT2D eigenvalue weighted by atomic mass is 35.5. The molecular weight excluding hydrogens is 238 g/mol. The first kappa shape index (κ1) is 12.1. The summed E-state index contributed by atoms with van der Waals surface area (Å²) in [5.74, 6) is -0.0331. The lowest BCUT2D eigenvalue weighted by Crippen LogP contribution is -2.21. The van der Waals surface area contributed by atoms with Crippen molar-refractivity contribution in [2.45, 2.75) is 26.7 Å². The highest BCUT2D eigenvalue weighted by Crippen LogP contribution is 2.31. The van der Waals surface area contributed by atoms with Gasteiger partial charge in [-0.15, -0.1) is 11.6 Å². The standard InChI is InChI=1S/C13H14ClNO2/c1-7-8(2)13-9(3-4-12(17)15-13)5-10(7)11(16)6-14/h5H,3-4,6H2,1-2H3,(H,15,17). The van der Waals surface area contributed by atoms with E-state index in [0.717, 1.165) is 22.4 Å². The van der Waals surface area contributed by atoms with Crippen LogP contribution in [0.4, 0.5) is 5.69 Å². The largest absolute Gasteiger partial charge is 0.326 e. The van der Waals surface area contributed by atoms with Crippen LogP contribution in [0.25, 0.3) is 0 Å². The van der Waals surface area contributed by atoms with Crippen LogP contribution in [0, 0.1) is 13.8 Å². The fraction of sp³-hybridized carbons (Fsp3) is 0.385. The average molecular weight is 252 g/mol. The van der Waals surface area contributed by atoms with E-state index < -0.39 is 0 Å². The zero-order valence-corrected chi connectivity index (χ0v) is 10.6. The molecule has 1 aliphatic rings. The molecule has 1 aromatic carbocycles. The number of alkyl halides is 1. The first-order chi connectivity index (χ1) is 8.04. The first-order valence-corrected chi connectivity index (χ1v) is 6.10. The van der Waals surface area contributed by atoms with E-state index in [0.29, 0.717) is 18.4 Å². The Morgan fingerprint density at radius 1 is 1.35 bits per heavy atom. The normalized spacial score (nSPS) is 14.2. The van der Waals surface area contributed by atoms with Gasteiger partial charge in [0.2, 0.25) is 5.91 Å². The molecule has 0 atom stereocenters. The van der Waals surface area contributed by atoms with Crippen LogP contribution in [-0.4, -0.2) is 17.6 Å². The summed E-state index contributed by atoms with van der Waals surface area (Å²) in [6.45, 7) is 3.81. The molecule has 0 spiro atoms. The van der Waals surface area contributed by atoms with Crippen LogP contribution >= 0.6 is 11.6 Å². The maximum absolute atomic E-state index is 11.7. The van der Waals surface area contributed by atoms with Gasteiger partial charge in [0.15, 0.2) is 5.78 Å². The maximum atomic E-state index is 11.7. The molecule has 0 radical (unpaired) electrons. The monoisotopic (exact) mass is 251 g/mol. The number of rotatable bonds is 2. The van der Waals surface area contributed by atoms with Crippen LogP contribution in [-0.2, 0) is 11.2 Å². The second-order valence-corrected chi connectivity index (χ2v) is 4.58.